The second-order valence-corrected chi connectivity index (χ2v) is 4.94. The van der Waals surface area contributed by atoms with Crippen molar-refractivity contribution in [1.82, 2.24) is 0 Å². The molecule has 0 radical (unpaired) electrons. The summed E-state index contributed by atoms with van der Waals surface area (Å²) >= 11 is 11.9. The number of amides is 1. The van der Waals surface area contributed by atoms with Gasteiger partial charge >= 0.3 is 0 Å². The Bertz CT molecular complexity index is 629. The number of anilines is 1. The number of carbonyl (C=O) groups excluding carboxylic acids is 1. The summed E-state index contributed by atoms with van der Waals surface area (Å²) in [6.45, 7) is 0.176. The van der Waals surface area contributed by atoms with Gasteiger partial charge < -0.3 is 15.2 Å². The van der Waals surface area contributed by atoms with Crippen LogP contribution in [0.5, 0.6) is 5.75 Å². The van der Waals surface area contributed by atoms with Gasteiger partial charge in [0.1, 0.15) is 12.4 Å². The van der Waals surface area contributed by atoms with E-state index in [1.165, 1.54) is 0 Å². The van der Waals surface area contributed by atoms with Crippen LogP contribution in [0.25, 0.3) is 0 Å². The summed E-state index contributed by atoms with van der Waals surface area (Å²) < 4.78 is 5.23. The first-order valence-electron chi connectivity index (χ1n) is 6.21. The third kappa shape index (κ3) is 4.11. The van der Waals surface area contributed by atoms with Crippen LogP contribution in [0.3, 0.4) is 0 Å². The summed E-state index contributed by atoms with van der Waals surface area (Å²) in [5.74, 6) is 0.273. The molecule has 0 aliphatic rings. The molecule has 0 aliphatic heterocycles. The van der Waals surface area contributed by atoms with Crippen molar-refractivity contribution in [1.29, 1.82) is 0 Å². The first kappa shape index (κ1) is 15.6. The van der Waals surface area contributed by atoms with Crippen LogP contribution in [0.1, 0.15) is 10.4 Å². The van der Waals surface area contributed by atoms with Crippen molar-refractivity contribution in [2.75, 3.05) is 18.5 Å². The molecule has 0 aromatic heterocycles. The molecule has 2 rings (SSSR count). The Morgan fingerprint density at radius 2 is 1.86 bits per heavy atom. The molecule has 0 bridgehead atoms. The number of nitrogens with one attached hydrogen (secondary N) is 1. The van der Waals surface area contributed by atoms with Crippen molar-refractivity contribution >= 4 is 34.8 Å². The number of ether oxygens (including phenoxy) is 1. The molecular weight excluding hydrogens is 313 g/mol. The molecule has 0 unspecified atom stereocenters. The average molecular weight is 326 g/mol. The molecule has 6 heteroatoms. The van der Waals surface area contributed by atoms with Gasteiger partial charge in [0.2, 0.25) is 0 Å². The fourth-order valence-electron chi connectivity index (χ4n) is 1.68. The van der Waals surface area contributed by atoms with E-state index < -0.39 is 0 Å². The zero-order valence-electron chi connectivity index (χ0n) is 11.0. The van der Waals surface area contributed by atoms with Crippen LogP contribution < -0.4 is 10.1 Å². The largest absolute Gasteiger partial charge is 0.491 e. The number of aliphatic hydroxyl groups is 1. The molecule has 0 aliphatic carbocycles. The minimum atomic E-state index is -0.341. The number of hydrogen-bond donors (Lipinski definition) is 2. The molecule has 0 atom stereocenters. The molecule has 2 aromatic rings. The second kappa shape index (κ2) is 7.31. The van der Waals surface area contributed by atoms with E-state index in [9.17, 15) is 4.79 Å². The lowest BCUT2D eigenvalue weighted by Gasteiger charge is -2.09. The summed E-state index contributed by atoms with van der Waals surface area (Å²) in [7, 11) is 0. The highest BCUT2D eigenvalue weighted by Gasteiger charge is 2.12. The Hall–Kier alpha value is -1.75. The third-order valence-electron chi connectivity index (χ3n) is 2.67. The molecule has 21 heavy (non-hydrogen) atoms. The normalized spacial score (nSPS) is 10.2. The number of hydrogen-bond acceptors (Lipinski definition) is 3. The fraction of sp³-hybridized carbons (Fsp3) is 0.133. The smallest absolute Gasteiger partial charge is 0.257 e. The molecule has 0 heterocycles. The van der Waals surface area contributed by atoms with Gasteiger partial charge in [0.05, 0.1) is 22.2 Å². The van der Waals surface area contributed by atoms with Gasteiger partial charge in [-0.2, -0.15) is 0 Å². The summed E-state index contributed by atoms with van der Waals surface area (Å²) in [5.41, 5.74) is 0.914. The van der Waals surface area contributed by atoms with Gasteiger partial charge in [0, 0.05) is 5.69 Å². The van der Waals surface area contributed by atoms with E-state index in [2.05, 4.69) is 5.32 Å². The Labute approximate surface area is 132 Å². The number of aliphatic hydroxyl groups excluding tert-OH is 1. The van der Waals surface area contributed by atoms with Gasteiger partial charge in [-0.25, -0.2) is 0 Å². The maximum Gasteiger partial charge on any atom is 0.257 e. The van der Waals surface area contributed by atoms with E-state index >= 15 is 0 Å². The van der Waals surface area contributed by atoms with E-state index in [1.807, 2.05) is 0 Å². The third-order valence-corrected chi connectivity index (χ3v) is 3.49. The van der Waals surface area contributed by atoms with E-state index in [0.29, 0.717) is 22.0 Å². The quantitative estimate of drug-likeness (QED) is 0.882. The lowest BCUT2D eigenvalue weighted by molar-refractivity contribution is 0.102. The van der Waals surface area contributed by atoms with Gasteiger partial charge in [-0.1, -0.05) is 29.3 Å². The Balaban J connectivity index is 2.07. The highest BCUT2D eigenvalue weighted by atomic mass is 35.5. The monoisotopic (exact) mass is 325 g/mol. The number of carbonyl (C=O) groups is 1. The van der Waals surface area contributed by atoms with E-state index in [0.717, 1.165) is 0 Å². The topological polar surface area (TPSA) is 58.6 Å². The predicted molar refractivity (Wildman–Crippen MR) is 83.4 cm³/mol. The minimum Gasteiger partial charge on any atom is -0.491 e. The van der Waals surface area contributed by atoms with Crippen LogP contribution in [0, 0.1) is 0 Å². The molecule has 0 saturated heterocycles. The standard InChI is InChI=1S/C15H13Cl2NO3/c16-13-3-1-2-12(14(13)17)15(20)18-10-4-6-11(7-5-10)21-9-8-19/h1-7,19H,8-9H2,(H,18,20). The SMILES string of the molecule is O=C(Nc1ccc(OCCO)cc1)c1cccc(Cl)c1Cl. The molecule has 2 N–H and O–H groups in total. The van der Waals surface area contributed by atoms with E-state index in [1.54, 1.807) is 42.5 Å². The summed E-state index contributed by atoms with van der Waals surface area (Å²) in [6.07, 6.45) is 0. The van der Waals surface area contributed by atoms with Crippen molar-refractivity contribution in [3.63, 3.8) is 0 Å². The number of benzene rings is 2. The first-order chi connectivity index (χ1) is 10.1. The summed E-state index contributed by atoms with van der Waals surface area (Å²) in [6, 6.07) is 11.7. The van der Waals surface area contributed by atoms with Gasteiger partial charge in [-0.15, -0.1) is 0 Å². The van der Waals surface area contributed by atoms with Crippen LogP contribution in [0.4, 0.5) is 5.69 Å². The lowest BCUT2D eigenvalue weighted by atomic mass is 10.2. The molecule has 0 fully saturated rings. The van der Waals surface area contributed by atoms with Crippen LogP contribution in [-0.4, -0.2) is 24.2 Å². The average Bonchev–Trinajstić information content (AvgIpc) is 2.49. The van der Waals surface area contributed by atoms with Crippen LogP contribution in [0.15, 0.2) is 42.5 Å². The molecular formula is C15H13Cl2NO3. The molecule has 0 saturated carbocycles. The van der Waals surface area contributed by atoms with Gasteiger partial charge in [-0.05, 0) is 36.4 Å². The first-order valence-corrected chi connectivity index (χ1v) is 6.96. The minimum absolute atomic E-state index is 0.0498. The number of halogens is 2. The van der Waals surface area contributed by atoms with Crippen molar-refractivity contribution in [2.45, 2.75) is 0 Å². The van der Waals surface area contributed by atoms with Gasteiger partial charge in [0.15, 0.2) is 0 Å². The highest BCUT2D eigenvalue weighted by Crippen LogP contribution is 2.26. The summed E-state index contributed by atoms with van der Waals surface area (Å²) in [5, 5.41) is 11.9. The van der Waals surface area contributed by atoms with Crippen LogP contribution in [-0.2, 0) is 0 Å². The van der Waals surface area contributed by atoms with Crippen molar-refractivity contribution in [3.8, 4) is 5.75 Å². The lowest BCUT2D eigenvalue weighted by Crippen LogP contribution is -2.12. The van der Waals surface area contributed by atoms with Gasteiger partial charge in [0.25, 0.3) is 5.91 Å². The molecule has 4 nitrogen and oxygen atoms in total. The van der Waals surface area contributed by atoms with E-state index in [4.69, 9.17) is 33.0 Å². The van der Waals surface area contributed by atoms with E-state index in [-0.39, 0.29) is 24.1 Å². The Morgan fingerprint density at radius 1 is 1.14 bits per heavy atom. The van der Waals surface area contributed by atoms with Gasteiger partial charge in [-0.3, -0.25) is 4.79 Å². The Morgan fingerprint density at radius 3 is 2.52 bits per heavy atom. The maximum absolute atomic E-state index is 12.1. The van der Waals surface area contributed by atoms with Crippen molar-refractivity contribution in [3.05, 3.63) is 58.1 Å². The second-order valence-electron chi connectivity index (χ2n) is 4.15. The Kier molecular flexibility index (Phi) is 5.44. The highest BCUT2D eigenvalue weighted by molar-refractivity contribution is 6.44. The summed E-state index contributed by atoms with van der Waals surface area (Å²) in [4.78, 5) is 12.1. The maximum atomic E-state index is 12.1. The fourth-order valence-corrected chi connectivity index (χ4v) is 2.06. The molecule has 110 valence electrons. The van der Waals surface area contributed by atoms with Crippen LogP contribution in [0.2, 0.25) is 10.0 Å². The zero-order chi connectivity index (χ0) is 15.2. The van der Waals surface area contributed by atoms with Crippen LogP contribution >= 0.6 is 23.2 Å². The molecule has 1 amide bonds. The zero-order valence-corrected chi connectivity index (χ0v) is 12.5. The van der Waals surface area contributed by atoms with Crippen molar-refractivity contribution in [2.24, 2.45) is 0 Å². The number of rotatable bonds is 5. The van der Waals surface area contributed by atoms with Crippen molar-refractivity contribution < 1.29 is 14.6 Å². The molecule has 2 aromatic carbocycles. The predicted octanol–water partition coefficient (Wildman–Crippen LogP) is 3.62. The molecule has 0 spiro atoms.